The zero-order valence-corrected chi connectivity index (χ0v) is 9.52. The van der Waals surface area contributed by atoms with Crippen LogP contribution in [0.5, 0.6) is 0 Å². The molecule has 0 spiro atoms. The van der Waals surface area contributed by atoms with Crippen LogP contribution in [-0.2, 0) is 9.59 Å². The van der Waals surface area contributed by atoms with Crippen molar-refractivity contribution in [2.45, 2.75) is 26.3 Å². The summed E-state index contributed by atoms with van der Waals surface area (Å²) in [6, 6.07) is -1.23. The van der Waals surface area contributed by atoms with Gasteiger partial charge in [-0.3, -0.25) is 9.48 Å². The van der Waals surface area contributed by atoms with Gasteiger partial charge in [-0.1, -0.05) is 11.6 Å². The van der Waals surface area contributed by atoms with E-state index < -0.39 is 24.4 Å². The fourth-order valence-electron chi connectivity index (χ4n) is 1.39. The summed E-state index contributed by atoms with van der Waals surface area (Å²) in [7, 11) is 0. The molecule has 0 saturated heterocycles. The number of hydrogen-bond acceptors (Lipinski definition) is 3. The van der Waals surface area contributed by atoms with Crippen molar-refractivity contribution in [1.82, 2.24) is 9.78 Å². The summed E-state index contributed by atoms with van der Waals surface area (Å²) in [5.74, 6) is -2.44. The van der Waals surface area contributed by atoms with E-state index in [1.807, 2.05) is 0 Å². The molecule has 7 heteroatoms. The van der Waals surface area contributed by atoms with E-state index in [-0.39, 0.29) is 0 Å². The molecule has 2 N–H and O–H groups in total. The Bertz CT molecular complexity index is 441. The summed E-state index contributed by atoms with van der Waals surface area (Å²) in [6.45, 7) is 3.23. The quantitative estimate of drug-likeness (QED) is 0.834. The van der Waals surface area contributed by atoms with Crippen LogP contribution in [0.3, 0.4) is 0 Å². The van der Waals surface area contributed by atoms with Gasteiger partial charge in [0.1, 0.15) is 0 Å². The molecule has 0 fully saturated rings. The Balaban J connectivity index is 3.16. The highest BCUT2D eigenvalue weighted by Crippen LogP contribution is 2.23. The van der Waals surface area contributed by atoms with Crippen molar-refractivity contribution in [2.75, 3.05) is 0 Å². The molecule has 0 aromatic carbocycles. The zero-order chi connectivity index (χ0) is 12.5. The highest BCUT2D eigenvalue weighted by Gasteiger charge is 2.26. The summed E-state index contributed by atoms with van der Waals surface area (Å²) >= 11 is 5.86. The highest BCUT2D eigenvalue weighted by atomic mass is 35.5. The number of hydrogen-bond donors (Lipinski definition) is 2. The maximum atomic E-state index is 10.9. The number of aromatic nitrogens is 2. The van der Waals surface area contributed by atoms with Crippen LogP contribution in [0.25, 0.3) is 0 Å². The predicted octanol–water partition coefficient (Wildman–Crippen LogP) is 1.25. The number of carboxylic acid groups (broad SMARTS) is 2. The first-order valence-corrected chi connectivity index (χ1v) is 4.88. The Hall–Kier alpha value is -1.56. The second kappa shape index (κ2) is 4.52. The second-order valence-corrected chi connectivity index (χ2v) is 3.76. The van der Waals surface area contributed by atoms with Crippen LogP contribution < -0.4 is 0 Å². The monoisotopic (exact) mass is 246 g/mol. The van der Waals surface area contributed by atoms with Crippen molar-refractivity contribution < 1.29 is 19.8 Å². The number of nitrogens with zero attached hydrogens (tertiary/aromatic N) is 2. The molecule has 1 aromatic heterocycles. The molecule has 0 aliphatic carbocycles. The molecule has 16 heavy (non-hydrogen) atoms. The summed E-state index contributed by atoms with van der Waals surface area (Å²) < 4.78 is 1.13. The second-order valence-electron chi connectivity index (χ2n) is 3.38. The summed E-state index contributed by atoms with van der Waals surface area (Å²) in [6.07, 6.45) is -0.534. The van der Waals surface area contributed by atoms with Gasteiger partial charge in [-0.15, -0.1) is 0 Å². The first-order valence-electron chi connectivity index (χ1n) is 4.50. The molecular weight excluding hydrogens is 236 g/mol. The van der Waals surface area contributed by atoms with Gasteiger partial charge in [0.2, 0.25) is 0 Å². The lowest BCUT2D eigenvalue weighted by Gasteiger charge is -2.12. The Labute approximate surface area is 96.4 Å². The summed E-state index contributed by atoms with van der Waals surface area (Å²) in [4.78, 5) is 21.5. The van der Waals surface area contributed by atoms with Gasteiger partial charge < -0.3 is 10.2 Å². The average molecular weight is 247 g/mol. The first-order chi connectivity index (χ1) is 7.34. The topological polar surface area (TPSA) is 92.4 Å². The minimum absolute atomic E-state index is 0.358. The van der Waals surface area contributed by atoms with Crippen LogP contribution >= 0.6 is 11.6 Å². The number of carbonyl (C=O) groups is 2. The molecule has 0 aliphatic rings. The van der Waals surface area contributed by atoms with E-state index in [0.717, 1.165) is 4.68 Å². The SMILES string of the molecule is Cc1nn([C@H](CC(=O)O)C(=O)O)c(C)c1Cl. The van der Waals surface area contributed by atoms with Crippen molar-refractivity contribution in [3.63, 3.8) is 0 Å². The molecule has 0 amide bonds. The van der Waals surface area contributed by atoms with Gasteiger partial charge in [0, 0.05) is 0 Å². The molecule has 1 rings (SSSR count). The van der Waals surface area contributed by atoms with Gasteiger partial charge in [-0.25, -0.2) is 4.79 Å². The van der Waals surface area contributed by atoms with E-state index in [9.17, 15) is 9.59 Å². The van der Waals surface area contributed by atoms with Crippen LogP contribution in [0.1, 0.15) is 23.9 Å². The minimum Gasteiger partial charge on any atom is -0.481 e. The van der Waals surface area contributed by atoms with Crippen LogP contribution in [-0.4, -0.2) is 31.9 Å². The van der Waals surface area contributed by atoms with E-state index in [0.29, 0.717) is 16.4 Å². The fraction of sp³-hybridized carbons (Fsp3) is 0.444. The third-order valence-electron chi connectivity index (χ3n) is 2.18. The molecule has 1 atom stereocenters. The molecule has 88 valence electrons. The summed E-state index contributed by atoms with van der Waals surface area (Å²) in [5, 5.41) is 21.8. The smallest absolute Gasteiger partial charge is 0.329 e. The van der Waals surface area contributed by atoms with Crippen LogP contribution in [0.4, 0.5) is 0 Å². The standard InChI is InChI=1S/C9H11ClN2O4/c1-4-8(10)5(2)12(11-4)6(9(15)16)3-7(13)14/h6H,3H2,1-2H3,(H,13,14)(H,15,16)/t6-/m1/s1. The average Bonchev–Trinajstić information content (AvgIpc) is 2.42. The fourth-order valence-corrected chi connectivity index (χ4v) is 1.51. The predicted molar refractivity (Wildman–Crippen MR) is 55.6 cm³/mol. The van der Waals surface area contributed by atoms with Gasteiger partial charge in [0.05, 0.1) is 22.8 Å². The van der Waals surface area contributed by atoms with Crippen LogP contribution in [0.15, 0.2) is 0 Å². The lowest BCUT2D eigenvalue weighted by atomic mass is 10.2. The number of aryl methyl sites for hydroxylation is 1. The lowest BCUT2D eigenvalue weighted by molar-refractivity contribution is -0.147. The number of carboxylic acids is 2. The molecule has 0 unspecified atom stereocenters. The Morgan fingerprint density at radius 2 is 2.00 bits per heavy atom. The molecule has 0 radical (unpaired) electrons. The van der Waals surface area contributed by atoms with E-state index in [2.05, 4.69) is 5.10 Å². The third-order valence-corrected chi connectivity index (χ3v) is 2.73. The van der Waals surface area contributed by atoms with Gasteiger partial charge >= 0.3 is 11.9 Å². The minimum atomic E-state index is -1.25. The van der Waals surface area contributed by atoms with Gasteiger partial charge in [0.25, 0.3) is 0 Å². The van der Waals surface area contributed by atoms with Crippen molar-refractivity contribution in [3.8, 4) is 0 Å². The van der Waals surface area contributed by atoms with E-state index >= 15 is 0 Å². The molecule has 1 aromatic rings. The Kier molecular flexibility index (Phi) is 3.54. The Morgan fingerprint density at radius 3 is 2.31 bits per heavy atom. The normalized spacial score (nSPS) is 12.4. The molecule has 6 nitrogen and oxygen atoms in total. The maximum Gasteiger partial charge on any atom is 0.329 e. The van der Waals surface area contributed by atoms with E-state index in [4.69, 9.17) is 21.8 Å². The number of rotatable bonds is 4. The largest absolute Gasteiger partial charge is 0.481 e. The van der Waals surface area contributed by atoms with Crippen molar-refractivity contribution in [2.24, 2.45) is 0 Å². The molecule has 0 saturated carbocycles. The first kappa shape index (κ1) is 12.5. The van der Waals surface area contributed by atoms with Crippen molar-refractivity contribution >= 4 is 23.5 Å². The molecule has 1 heterocycles. The summed E-state index contributed by atoms with van der Waals surface area (Å²) in [5.41, 5.74) is 0.934. The van der Waals surface area contributed by atoms with Crippen molar-refractivity contribution in [1.29, 1.82) is 0 Å². The van der Waals surface area contributed by atoms with Gasteiger partial charge in [-0.2, -0.15) is 5.10 Å². The van der Waals surface area contributed by atoms with Gasteiger partial charge in [-0.05, 0) is 13.8 Å². The highest BCUT2D eigenvalue weighted by molar-refractivity contribution is 6.31. The lowest BCUT2D eigenvalue weighted by Crippen LogP contribution is -2.24. The van der Waals surface area contributed by atoms with Gasteiger partial charge in [0.15, 0.2) is 6.04 Å². The molecular formula is C9H11ClN2O4. The van der Waals surface area contributed by atoms with E-state index in [1.54, 1.807) is 13.8 Å². The molecule has 0 aliphatic heterocycles. The Morgan fingerprint density at radius 1 is 1.44 bits per heavy atom. The maximum absolute atomic E-state index is 10.9. The van der Waals surface area contributed by atoms with Crippen LogP contribution in [0.2, 0.25) is 5.02 Å². The third kappa shape index (κ3) is 2.33. The number of halogens is 1. The zero-order valence-electron chi connectivity index (χ0n) is 8.77. The van der Waals surface area contributed by atoms with Crippen molar-refractivity contribution in [3.05, 3.63) is 16.4 Å². The number of aliphatic carboxylic acids is 2. The van der Waals surface area contributed by atoms with Crippen LogP contribution in [0, 0.1) is 13.8 Å². The van der Waals surface area contributed by atoms with E-state index in [1.165, 1.54) is 0 Å². The molecule has 0 bridgehead atoms.